The Morgan fingerprint density at radius 2 is 2.21 bits per heavy atom. The highest BCUT2D eigenvalue weighted by molar-refractivity contribution is 7.99. The topological polar surface area (TPSA) is 12.0 Å². The molecule has 0 amide bonds. The van der Waals surface area contributed by atoms with Gasteiger partial charge in [-0.15, -0.1) is 12.3 Å². The monoisotopic (exact) mass is 211 g/mol. The predicted molar refractivity (Wildman–Crippen MR) is 65.6 cm³/mol. The molecule has 0 spiro atoms. The number of terminal acetylenes is 1. The van der Waals surface area contributed by atoms with Gasteiger partial charge in [0.05, 0.1) is 0 Å². The first kappa shape index (κ1) is 11.9. The highest BCUT2D eigenvalue weighted by Crippen LogP contribution is 2.29. The first-order valence-electron chi connectivity index (χ1n) is 5.65. The number of rotatable bonds is 6. The average molecular weight is 211 g/mol. The molecule has 1 N–H and O–H groups in total. The van der Waals surface area contributed by atoms with E-state index in [4.69, 9.17) is 6.42 Å². The van der Waals surface area contributed by atoms with Crippen molar-refractivity contribution in [2.75, 3.05) is 12.3 Å². The maximum atomic E-state index is 5.34. The van der Waals surface area contributed by atoms with Gasteiger partial charge in [0.15, 0.2) is 0 Å². The average Bonchev–Trinajstić information content (AvgIpc) is 2.67. The van der Waals surface area contributed by atoms with Crippen molar-refractivity contribution >= 4 is 11.8 Å². The van der Waals surface area contributed by atoms with E-state index in [0.29, 0.717) is 6.04 Å². The third-order valence-electron chi connectivity index (χ3n) is 2.69. The maximum absolute atomic E-state index is 5.34. The van der Waals surface area contributed by atoms with Gasteiger partial charge in [-0.3, -0.25) is 0 Å². The fourth-order valence-electron chi connectivity index (χ4n) is 1.93. The van der Waals surface area contributed by atoms with Gasteiger partial charge in [-0.1, -0.05) is 19.8 Å². The van der Waals surface area contributed by atoms with Gasteiger partial charge in [-0.05, 0) is 19.4 Å². The van der Waals surface area contributed by atoms with E-state index in [-0.39, 0.29) is 0 Å². The molecule has 1 atom stereocenters. The minimum atomic E-state index is 0.524. The summed E-state index contributed by atoms with van der Waals surface area (Å²) < 4.78 is 0. The van der Waals surface area contributed by atoms with Gasteiger partial charge in [0.25, 0.3) is 0 Å². The van der Waals surface area contributed by atoms with Crippen molar-refractivity contribution in [1.29, 1.82) is 0 Å². The zero-order chi connectivity index (χ0) is 10.2. The highest BCUT2D eigenvalue weighted by atomic mass is 32.2. The van der Waals surface area contributed by atoms with Crippen LogP contribution >= 0.6 is 11.8 Å². The summed E-state index contributed by atoms with van der Waals surface area (Å²) >= 11 is 2.11. The summed E-state index contributed by atoms with van der Waals surface area (Å²) in [5, 5.41) is 4.36. The van der Waals surface area contributed by atoms with Crippen molar-refractivity contribution < 1.29 is 0 Å². The summed E-state index contributed by atoms with van der Waals surface area (Å²) in [5.41, 5.74) is 0. The normalized spacial score (nSPS) is 19.4. The molecule has 2 heteroatoms. The van der Waals surface area contributed by atoms with Crippen molar-refractivity contribution in [2.45, 2.75) is 50.3 Å². The number of hydrogen-bond donors (Lipinski definition) is 1. The van der Waals surface area contributed by atoms with E-state index in [1.54, 1.807) is 0 Å². The smallest absolute Gasteiger partial charge is 0.0267 e. The predicted octanol–water partition coefficient (Wildman–Crippen LogP) is 2.66. The fraction of sp³-hybridized carbons (Fsp3) is 0.833. The summed E-state index contributed by atoms with van der Waals surface area (Å²) in [7, 11) is 0. The Balaban J connectivity index is 2.14. The van der Waals surface area contributed by atoms with Crippen LogP contribution in [0.25, 0.3) is 0 Å². The summed E-state index contributed by atoms with van der Waals surface area (Å²) in [6.07, 6.45) is 11.9. The van der Waals surface area contributed by atoms with Gasteiger partial charge in [0.2, 0.25) is 0 Å². The molecular formula is C12H21NS. The van der Waals surface area contributed by atoms with E-state index in [0.717, 1.165) is 18.2 Å². The molecule has 1 unspecified atom stereocenters. The fourth-order valence-corrected chi connectivity index (χ4v) is 3.34. The zero-order valence-electron chi connectivity index (χ0n) is 9.09. The third-order valence-corrected chi connectivity index (χ3v) is 4.23. The largest absolute Gasteiger partial charge is 0.312 e. The lowest BCUT2D eigenvalue weighted by Gasteiger charge is -2.17. The molecule has 1 saturated carbocycles. The van der Waals surface area contributed by atoms with Crippen molar-refractivity contribution in [3.05, 3.63) is 0 Å². The quantitative estimate of drug-likeness (QED) is 0.678. The van der Waals surface area contributed by atoms with Crippen LogP contribution in [0, 0.1) is 12.3 Å². The molecule has 1 rings (SSSR count). The molecule has 0 saturated heterocycles. The van der Waals surface area contributed by atoms with Crippen LogP contribution in [-0.2, 0) is 0 Å². The van der Waals surface area contributed by atoms with Gasteiger partial charge < -0.3 is 5.32 Å². The highest BCUT2D eigenvalue weighted by Gasteiger charge is 2.16. The molecule has 1 nitrogen and oxygen atoms in total. The summed E-state index contributed by atoms with van der Waals surface area (Å²) in [5.74, 6) is 3.94. The van der Waals surface area contributed by atoms with Crippen LogP contribution in [0.4, 0.5) is 0 Å². The van der Waals surface area contributed by atoms with Crippen LogP contribution < -0.4 is 5.32 Å². The molecule has 0 bridgehead atoms. The number of hydrogen-bond acceptors (Lipinski definition) is 2. The third kappa shape index (κ3) is 4.39. The van der Waals surface area contributed by atoms with Crippen LogP contribution in [0.3, 0.4) is 0 Å². The summed E-state index contributed by atoms with van der Waals surface area (Å²) in [6.45, 7) is 3.17. The molecule has 0 aromatic heterocycles. The molecule has 0 aromatic rings. The lowest BCUT2D eigenvalue weighted by molar-refractivity contribution is 0.587. The van der Waals surface area contributed by atoms with Crippen molar-refractivity contribution in [3.63, 3.8) is 0 Å². The van der Waals surface area contributed by atoms with Crippen molar-refractivity contribution in [2.24, 2.45) is 0 Å². The zero-order valence-corrected chi connectivity index (χ0v) is 9.91. The lowest BCUT2D eigenvalue weighted by Crippen LogP contribution is -2.31. The van der Waals surface area contributed by atoms with Gasteiger partial charge in [0.1, 0.15) is 0 Å². The second kappa shape index (κ2) is 7.20. The van der Waals surface area contributed by atoms with E-state index in [2.05, 4.69) is 29.9 Å². The minimum absolute atomic E-state index is 0.524. The Hall–Kier alpha value is -0.130. The van der Waals surface area contributed by atoms with Crippen LogP contribution in [0.1, 0.15) is 39.0 Å². The second-order valence-corrected chi connectivity index (χ2v) is 5.24. The summed E-state index contributed by atoms with van der Waals surface area (Å²) in [4.78, 5) is 0. The van der Waals surface area contributed by atoms with Gasteiger partial charge in [0, 0.05) is 23.5 Å². The van der Waals surface area contributed by atoms with Gasteiger partial charge in [-0.25, -0.2) is 0 Å². The van der Waals surface area contributed by atoms with Crippen LogP contribution in [0.5, 0.6) is 0 Å². The molecule has 1 aliphatic carbocycles. The molecule has 80 valence electrons. The van der Waals surface area contributed by atoms with Crippen molar-refractivity contribution in [3.8, 4) is 12.3 Å². The van der Waals surface area contributed by atoms with E-state index in [9.17, 15) is 0 Å². The van der Waals surface area contributed by atoms with Gasteiger partial charge in [-0.2, -0.15) is 11.8 Å². The molecule has 0 radical (unpaired) electrons. The SMILES string of the molecule is C#CCC(CSC1CCCC1)NCC. The van der Waals surface area contributed by atoms with Crippen molar-refractivity contribution in [1.82, 2.24) is 5.32 Å². The molecule has 1 aliphatic rings. The Kier molecular flexibility index (Phi) is 6.14. The minimum Gasteiger partial charge on any atom is -0.312 e. The maximum Gasteiger partial charge on any atom is 0.0267 e. The van der Waals surface area contributed by atoms with Crippen LogP contribution in [0.2, 0.25) is 0 Å². The Labute approximate surface area is 92.4 Å². The summed E-state index contributed by atoms with van der Waals surface area (Å²) in [6, 6.07) is 0.524. The van der Waals surface area contributed by atoms with E-state index in [1.807, 2.05) is 0 Å². The Bertz CT molecular complexity index is 179. The number of nitrogens with one attached hydrogen (secondary N) is 1. The molecular weight excluding hydrogens is 190 g/mol. The second-order valence-electron chi connectivity index (χ2n) is 3.90. The number of thioether (sulfide) groups is 1. The molecule has 0 aliphatic heterocycles. The first-order chi connectivity index (χ1) is 6.86. The van der Waals surface area contributed by atoms with E-state index < -0.39 is 0 Å². The first-order valence-corrected chi connectivity index (χ1v) is 6.70. The van der Waals surface area contributed by atoms with Crippen LogP contribution in [0.15, 0.2) is 0 Å². The van der Waals surface area contributed by atoms with Crippen LogP contribution in [-0.4, -0.2) is 23.6 Å². The standard InChI is InChI=1S/C12H21NS/c1-3-7-11(13-4-2)10-14-12-8-5-6-9-12/h1,11-13H,4-10H2,2H3. The molecule has 0 heterocycles. The van der Waals surface area contributed by atoms with E-state index in [1.165, 1.54) is 31.4 Å². The Morgan fingerprint density at radius 3 is 2.79 bits per heavy atom. The molecule has 1 fully saturated rings. The van der Waals surface area contributed by atoms with E-state index >= 15 is 0 Å². The molecule has 0 aromatic carbocycles. The van der Waals surface area contributed by atoms with Gasteiger partial charge >= 0.3 is 0 Å². The lowest BCUT2D eigenvalue weighted by atomic mass is 10.2. The molecule has 14 heavy (non-hydrogen) atoms. The Morgan fingerprint density at radius 1 is 1.50 bits per heavy atom.